The zero-order valence-electron chi connectivity index (χ0n) is 17.6. The van der Waals surface area contributed by atoms with E-state index in [1.54, 1.807) is 43.9 Å². The Morgan fingerprint density at radius 2 is 1.77 bits per heavy atom. The van der Waals surface area contributed by atoms with Crippen LogP contribution in [-0.4, -0.2) is 73.2 Å². The number of rotatable bonds is 6. The summed E-state index contributed by atoms with van der Waals surface area (Å²) in [6.07, 6.45) is 6.13. The van der Waals surface area contributed by atoms with Gasteiger partial charge in [-0.15, -0.1) is 0 Å². The molecule has 2 aliphatic rings. The first-order chi connectivity index (χ1) is 14.7. The molecule has 3 heterocycles. The Kier molecular flexibility index (Phi) is 6.74. The molecule has 7 nitrogen and oxygen atoms in total. The number of piperidine rings is 2. The molecule has 0 bridgehead atoms. The fraction of sp³-hybridized carbons (Fsp3) is 0.545. The van der Waals surface area contributed by atoms with Gasteiger partial charge in [0.15, 0.2) is 11.5 Å². The predicted octanol–water partition coefficient (Wildman–Crippen LogP) is 3.31. The summed E-state index contributed by atoms with van der Waals surface area (Å²) in [5.41, 5.74) is 0.645. The van der Waals surface area contributed by atoms with E-state index in [9.17, 15) is 4.79 Å². The van der Waals surface area contributed by atoms with Crippen molar-refractivity contribution in [3.05, 3.63) is 35.3 Å². The van der Waals surface area contributed by atoms with E-state index < -0.39 is 0 Å². The first-order valence-corrected chi connectivity index (χ1v) is 11.4. The third-order valence-corrected chi connectivity index (χ3v) is 6.71. The largest absolute Gasteiger partial charge is 0.493 e. The molecule has 2 saturated heterocycles. The van der Waals surface area contributed by atoms with Crippen LogP contribution in [0.4, 0.5) is 0 Å². The van der Waals surface area contributed by atoms with E-state index in [-0.39, 0.29) is 12.0 Å². The lowest BCUT2D eigenvalue weighted by atomic mass is 9.98. The molecule has 0 unspecified atom stereocenters. The third-order valence-electron chi connectivity index (χ3n) is 6.05. The molecule has 2 fully saturated rings. The fourth-order valence-electron chi connectivity index (χ4n) is 4.36. The first-order valence-electron chi connectivity index (χ1n) is 10.5. The molecule has 8 heteroatoms. The minimum absolute atomic E-state index is 0.0601. The van der Waals surface area contributed by atoms with Crippen LogP contribution in [0.1, 0.15) is 36.0 Å². The molecule has 0 N–H and O–H groups in total. The highest BCUT2D eigenvalue weighted by Crippen LogP contribution is 2.29. The lowest BCUT2D eigenvalue weighted by Crippen LogP contribution is -2.50. The molecule has 1 aromatic carbocycles. The number of thiazole rings is 1. The van der Waals surface area contributed by atoms with Crippen molar-refractivity contribution >= 4 is 17.2 Å². The summed E-state index contributed by atoms with van der Waals surface area (Å²) in [4.78, 5) is 21.7. The van der Waals surface area contributed by atoms with Gasteiger partial charge in [-0.25, -0.2) is 4.98 Å². The summed E-state index contributed by atoms with van der Waals surface area (Å²) >= 11 is 1.55. The number of benzene rings is 1. The van der Waals surface area contributed by atoms with Crippen LogP contribution in [0.25, 0.3) is 0 Å². The monoisotopic (exact) mass is 431 g/mol. The van der Waals surface area contributed by atoms with Crippen molar-refractivity contribution in [1.29, 1.82) is 0 Å². The summed E-state index contributed by atoms with van der Waals surface area (Å²) in [5, 5.41) is 2.72. The average molecular weight is 432 g/mol. The number of likely N-dealkylation sites (tertiary alicyclic amines) is 2. The van der Waals surface area contributed by atoms with Crippen molar-refractivity contribution in [3.8, 4) is 16.7 Å². The van der Waals surface area contributed by atoms with Gasteiger partial charge in [-0.1, -0.05) is 11.3 Å². The van der Waals surface area contributed by atoms with Crippen LogP contribution in [0.5, 0.6) is 16.7 Å². The average Bonchev–Trinajstić information content (AvgIpc) is 3.32. The maximum Gasteiger partial charge on any atom is 0.273 e. The number of amides is 1. The normalized spacial score (nSPS) is 18.9. The zero-order valence-corrected chi connectivity index (χ0v) is 18.4. The van der Waals surface area contributed by atoms with E-state index in [0.29, 0.717) is 23.1 Å². The van der Waals surface area contributed by atoms with Gasteiger partial charge in [0.1, 0.15) is 6.10 Å². The molecule has 0 atom stereocenters. The quantitative estimate of drug-likeness (QED) is 0.699. The molecule has 0 aliphatic carbocycles. The van der Waals surface area contributed by atoms with Crippen LogP contribution < -0.4 is 14.2 Å². The van der Waals surface area contributed by atoms with Crippen molar-refractivity contribution in [2.24, 2.45) is 0 Å². The summed E-state index contributed by atoms with van der Waals surface area (Å²) < 4.78 is 16.6. The van der Waals surface area contributed by atoms with Gasteiger partial charge < -0.3 is 19.1 Å². The number of hydrogen-bond acceptors (Lipinski definition) is 7. The molecular weight excluding hydrogens is 402 g/mol. The molecule has 4 rings (SSSR count). The Morgan fingerprint density at radius 1 is 1.03 bits per heavy atom. The Labute approximate surface area is 181 Å². The highest BCUT2D eigenvalue weighted by atomic mass is 32.1. The third kappa shape index (κ3) is 4.70. The SMILES string of the molecule is COc1ccc(C(=O)N2CCC(N3CCC(Oc4nccs4)CC3)CC2)cc1OC. The zero-order chi connectivity index (χ0) is 20.9. The van der Waals surface area contributed by atoms with E-state index in [2.05, 4.69) is 9.88 Å². The molecule has 0 saturated carbocycles. The lowest BCUT2D eigenvalue weighted by Gasteiger charge is -2.41. The second-order valence-corrected chi connectivity index (χ2v) is 8.60. The maximum atomic E-state index is 12.9. The standard InChI is InChI=1S/C22H29N3O4S/c1-27-19-4-3-16(15-20(19)28-2)21(26)25-10-5-17(6-11-25)24-12-7-18(8-13-24)29-22-23-9-14-30-22/h3-4,9,14-15,17-18H,5-8,10-13H2,1-2H3. The molecule has 2 aliphatic heterocycles. The molecule has 0 radical (unpaired) electrons. The summed E-state index contributed by atoms with van der Waals surface area (Å²) in [5.74, 6) is 1.28. The van der Waals surface area contributed by atoms with Gasteiger partial charge >= 0.3 is 0 Å². The minimum Gasteiger partial charge on any atom is -0.493 e. The molecule has 2 aromatic rings. The predicted molar refractivity (Wildman–Crippen MR) is 116 cm³/mol. The number of carbonyl (C=O) groups excluding carboxylic acids is 1. The maximum absolute atomic E-state index is 12.9. The molecular formula is C22H29N3O4S. The van der Waals surface area contributed by atoms with Crippen molar-refractivity contribution < 1.29 is 19.0 Å². The van der Waals surface area contributed by atoms with Crippen LogP contribution in [0.3, 0.4) is 0 Å². The van der Waals surface area contributed by atoms with Gasteiger partial charge in [-0.05, 0) is 43.9 Å². The fourth-order valence-corrected chi connectivity index (χ4v) is 4.91. The van der Waals surface area contributed by atoms with Crippen LogP contribution in [0.2, 0.25) is 0 Å². The summed E-state index contributed by atoms with van der Waals surface area (Å²) in [6.45, 7) is 3.66. The summed E-state index contributed by atoms with van der Waals surface area (Å²) in [6, 6.07) is 5.90. The van der Waals surface area contributed by atoms with Gasteiger partial charge in [0.25, 0.3) is 11.1 Å². The van der Waals surface area contributed by atoms with Gasteiger partial charge in [0, 0.05) is 49.4 Å². The second kappa shape index (κ2) is 9.66. The highest BCUT2D eigenvalue weighted by Gasteiger charge is 2.30. The van der Waals surface area contributed by atoms with Gasteiger partial charge in [-0.3, -0.25) is 9.69 Å². The van der Waals surface area contributed by atoms with Crippen molar-refractivity contribution in [2.75, 3.05) is 40.4 Å². The van der Waals surface area contributed by atoms with E-state index in [1.807, 2.05) is 16.3 Å². The Morgan fingerprint density at radius 3 is 2.40 bits per heavy atom. The number of nitrogens with zero attached hydrogens (tertiary/aromatic N) is 3. The highest BCUT2D eigenvalue weighted by molar-refractivity contribution is 7.11. The number of aromatic nitrogens is 1. The first kappa shape index (κ1) is 20.9. The van der Waals surface area contributed by atoms with Crippen LogP contribution in [0, 0.1) is 0 Å². The number of hydrogen-bond donors (Lipinski definition) is 0. The van der Waals surface area contributed by atoms with Crippen molar-refractivity contribution in [3.63, 3.8) is 0 Å². The minimum atomic E-state index is 0.0601. The van der Waals surface area contributed by atoms with E-state index in [1.165, 1.54) is 0 Å². The van der Waals surface area contributed by atoms with Crippen molar-refractivity contribution in [2.45, 2.75) is 37.8 Å². The van der Waals surface area contributed by atoms with E-state index in [4.69, 9.17) is 14.2 Å². The molecule has 1 aromatic heterocycles. The lowest BCUT2D eigenvalue weighted by molar-refractivity contribution is 0.0425. The van der Waals surface area contributed by atoms with Crippen molar-refractivity contribution in [1.82, 2.24) is 14.8 Å². The Bertz CT molecular complexity index is 829. The summed E-state index contributed by atoms with van der Waals surface area (Å²) in [7, 11) is 3.18. The molecule has 1 amide bonds. The van der Waals surface area contributed by atoms with Crippen LogP contribution in [-0.2, 0) is 0 Å². The van der Waals surface area contributed by atoms with E-state index in [0.717, 1.165) is 57.1 Å². The number of carbonyl (C=O) groups is 1. The van der Waals surface area contributed by atoms with Crippen LogP contribution in [0.15, 0.2) is 29.8 Å². The van der Waals surface area contributed by atoms with Gasteiger partial charge in [0.05, 0.1) is 14.2 Å². The van der Waals surface area contributed by atoms with Gasteiger partial charge in [0.2, 0.25) is 0 Å². The number of ether oxygens (including phenoxy) is 3. The molecule has 162 valence electrons. The molecule has 0 spiro atoms. The molecule has 30 heavy (non-hydrogen) atoms. The Balaban J connectivity index is 1.26. The second-order valence-electron chi connectivity index (χ2n) is 7.74. The number of methoxy groups -OCH3 is 2. The van der Waals surface area contributed by atoms with Gasteiger partial charge in [-0.2, -0.15) is 0 Å². The van der Waals surface area contributed by atoms with Crippen LogP contribution >= 0.6 is 11.3 Å². The topological polar surface area (TPSA) is 64.1 Å². The van der Waals surface area contributed by atoms with E-state index >= 15 is 0 Å². The smallest absolute Gasteiger partial charge is 0.273 e. The Hall–Kier alpha value is -2.32.